The molecule has 16 heavy (non-hydrogen) atoms. The number of aromatic nitrogens is 3. The minimum atomic E-state index is -0.440. The predicted molar refractivity (Wildman–Crippen MR) is 57.4 cm³/mol. The van der Waals surface area contributed by atoms with Crippen LogP contribution in [0.4, 0.5) is 10.3 Å². The Kier molecular flexibility index (Phi) is 2.47. The fourth-order valence-electron chi connectivity index (χ4n) is 1.39. The normalized spacial score (nSPS) is 10.4. The SMILES string of the molecule is COc1cccc(F)c1-c1nc(N)n(C)n1. The van der Waals surface area contributed by atoms with Crippen molar-refractivity contribution in [3.8, 4) is 17.1 Å². The van der Waals surface area contributed by atoms with Crippen LogP contribution in [0.5, 0.6) is 5.75 Å². The molecule has 1 heterocycles. The maximum Gasteiger partial charge on any atom is 0.218 e. The highest BCUT2D eigenvalue weighted by Crippen LogP contribution is 2.30. The predicted octanol–water partition coefficient (Wildman–Crippen LogP) is 1.21. The molecule has 5 nitrogen and oxygen atoms in total. The van der Waals surface area contributed by atoms with Crippen LogP contribution in [0.3, 0.4) is 0 Å². The maximum absolute atomic E-state index is 13.7. The van der Waals surface area contributed by atoms with E-state index < -0.39 is 5.82 Å². The number of rotatable bonds is 2. The van der Waals surface area contributed by atoms with Gasteiger partial charge in [-0.2, -0.15) is 4.98 Å². The molecule has 6 heteroatoms. The number of halogens is 1. The zero-order valence-electron chi connectivity index (χ0n) is 8.94. The first-order valence-electron chi connectivity index (χ1n) is 4.63. The average Bonchev–Trinajstić information content (AvgIpc) is 2.58. The molecule has 2 aromatic rings. The zero-order chi connectivity index (χ0) is 11.7. The van der Waals surface area contributed by atoms with Crippen molar-refractivity contribution in [2.75, 3.05) is 12.8 Å². The van der Waals surface area contributed by atoms with Crippen molar-refractivity contribution < 1.29 is 9.13 Å². The van der Waals surface area contributed by atoms with Crippen LogP contribution in [0.2, 0.25) is 0 Å². The molecule has 0 bridgehead atoms. The molecule has 0 fully saturated rings. The summed E-state index contributed by atoms with van der Waals surface area (Å²) in [4.78, 5) is 3.96. The van der Waals surface area contributed by atoms with E-state index in [0.29, 0.717) is 5.75 Å². The number of methoxy groups -OCH3 is 1. The molecule has 0 radical (unpaired) electrons. The molecule has 2 rings (SSSR count). The van der Waals surface area contributed by atoms with Crippen LogP contribution in [0.1, 0.15) is 0 Å². The first-order chi connectivity index (χ1) is 7.63. The Hall–Kier alpha value is -2.11. The Bertz CT molecular complexity index is 504. The van der Waals surface area contributed by atoms with Gasteiger partial charge in [-0.3, -0.25) is 0 Å². The van der Waals surface area contributed by atoms with E-state index >= 15 is 0 Å². The second kappa shape index (κ2) is 3.80. The van der Waals surface area contributed by atoms with Gasteiger partial charge in [0.2, 0.25) is 5.95 Å². The van der Waals surface area contributed by atoms with Crippen molar-refractivity contribution in [1.82, 2.24) is 14.8 Å². The summed E-state index contributed by atoms with van der Waals surface area (Å²) < 4.78 is 20.1. The molecule has 0 amide bonds. The maximum atomic E-state index is 13.7. The Morgan fingerprint density at radius 1 is 1.44 bits per heavy atom. The fraction of sp³-hybridized carbons (Fsp3) is 0.200. The van der Waals surface area contributed by atoms with Crippen molar-refractivity contribution in [2.24, 2.45) is 7.05 Å². The molecular weight excluding hydrogens is 211 g/mol. The molecule has 0 atom stereocenters. The summed E-state index contributed by atoms with van der Waals surface area (Å²) in [6, 6.07) is 4.53. The first kappa shape index (κ1) is 10.4. The number of anilines is 1. The number of hydrogen-bond donors (Lipinski definition) is 1. The number of nitrogen functional groups attached to an aromatic ring is 1. The lowest BCUT2D eigenvalue weighted by atomic mass is 10.2. The second-order valence-electron chi connectivity index (χ2n) is 3.23. The molecule has 1 aromatic heterocycles. The van der Waals surface area contributed by atoms with Crippen molar-refractivity contribution in [3.63, 3.8) is 0 Å². The molecule has 0 saturated carbocycles. The summed E-state index contributed by atoms with van der Waals surface area (Å²) in [6.45, 7) is 0. The summed E-state index contributed by atoms with van der Waals surface area (Å²) in [5, 5.41) is 4.01. The highest BCUT2D eigenvalue weighted by Gasteiger charge is 2.16. The standard InChI is InChI=1S/C10H11FN4O/c1-15-10(12)13-9(14-15)8-6(11)4-3-5-7(8)16-2/h3-5H,1-2H3,(H2,12,13,14). The van der Waals surface area contributed by atoms with E-state index in [4.69, 9.17) is 10.5 Å². The zero-order valence-corrected chi connectivity index (χ0v) is 8.94. The van der Waals surface area contributed by atoms with Crippen LogP contribution < -0.4 is 10.5 Å². The van der Waals surface area contributed by atoms with E-state index in [9.17, 15) is 4.39 Å². The Balaban J connectivity index is 2.62. The van der Waals surface area contributed by atoms with Crippen LogP contribution in [0.15, 0.2) is 18.2 Å². The summed E-state index contributed by atoms with van der Waals surface area (Å²) in [7, 11) is 3.10. The number of ether oxygens (including phenoxy) is 1. The van der Waals surface area contributed by atoms with Gasteiger partial charge in [0.15, 0.2) is 5.82 Å². The highest BCUT2D eigenvalue weighted by atomic mass is 19.1. The summed E-state index contributed by atoms with van der Waals surface area (Å²) in [5.41, 5.74) is 5.77. The lowest BCUT2D eigenvalue weighted by Gasteiger charge is -2.05. The lowest BCUT2D eigenvalue weighted by Crippen LogP contribution is -1.97. The van der Waals surface area contributed by atoms with Crippen LogP contribution in [0.25, 0.3) is 11.4 Å². The second-order valence-corrected chi connectivity index (χ2v) is 3.23. The largest absolute Gasteiger partial charge is 0.496 e. The van der Waals surface area contributed by atoms with Crippen molar-refractivity contribution in [2.45, 2.75) is 0 Å². The minimum absolute atomic E-state index is 0.218. The van der Waals surface area contributed by atoms with E-state index in [-0.39, 0.29) is 17.3 Å². The van der Waals surface area contributed by atoms with Gasteiger partial charge in [-0.25, -0.2) is 9.07 Å². The minimum Gasteiger partial charge on any atom is -0.496 e. The van der Waals surface area contributed by atoms with E-state index in [1.165, 1.54) is 17.9 Å². The highest BCUT2D eigenvalue weighted by molar-refractivity contribution is 5.65. The van der Waals surface area contributed by atoms with Gasteiger partial charge >= 0.3 is 0 Å². The van der Waals surface area contributed by atoms with Crippen molar-refractivity contribution in [1.29, 1.82) is 0 Å². The molecule has 0 saturated heterocycles. The summed E-state index contributed by atoms with van der Waals surface area (Å²) >= 11 is 0. The third-order valence-electron chi connectivity index (χ3n) is 2.22. The summed E-state index contributed by atoms with van der Waals surface area (Å²) in [6.07, 6.45) is 0. The molecule has 0 aliphatic rings. The molecule has 0 spiro atoms. The Morgan fingerprint density at radius 3 is 2.75 bits per heavy atom. The van der Waals surface area contributed by atoms with Gasteiger partial charge in [0.1, 0.15) is 11.6 Å². The Morgan fingerprint density at radius 2 is 2.19 bits per heavy atom. The van der Waals surface area contributed by atoms with E-state index in [1.54, 1.807) is 19.2 Å². The lowest BCUT2D eigenvalue weighted by molar-refractivity contribution is 0.413. The number of nitrogens with two attached hydrogens (primary N) is 1. The van der Waals surface area contributed by atoms with Crippen molar-refractivity contribution in [3.05, 3.63) is 24.0 Å². The average molecular weight is 222 g/mol. The Labute approximate surface area is 91.7 Å². The van der Waals surface area contributed by atoms with Gasteiger partial charge < -0.3 is 10.5 Å². The third kappa shape index (κ3) is 1.58. The van der Waals surface area contributed by atoms with Crippen LogP contribution in [-0.4, -0.2) is 21.9 Å². The number of benzene rings is 1. The molecule has 1 aromatic carbocycles. The van der Waals surface area contributed by atoms with E-state index in [2.05, 4.69) is 10.1 Å². The van der Waals surface area contributed by atoms with E-state index in [1.807, 2.05) is 0 Å². The summed E-state index contributed by atoms with van der Waals surface area (Å²) in [5.74, 6) is 0.380. The van der Waals surface area contributed by atoms with Crippen LogP contribution >= 0.6 is 0 Å². The molecule has 0 unspecified atom stereocenters. The molecule has 2 N–H and O–H groups in total. The molecule has 0 aliphatic heterocycles. The number of aryl methyl sites for hydroxylation is 1. The smallest absolute Gasteiger partial charge is 0.218 e. The van der Waals surface area contributed by atoms with Gasteiger partial charge in [0.25, 0.3) is 0 Å². The molecule has 0 aliphatic carbocycles. The van der Waals surface area contributed by atoms with Gasteiger partial charge in [-0.15, -0.1) is 5.10 Å². The monoisotopic (exact) mass is 222 g/mol. The first-order valence-corrected chi connectivity index (χ1v) is 4.63. The fourth-order valence-corrected chi connectivity index (χ4v) is 1.39. The molecular formula is C10H11FN4O. The van der Waals surface area contributed by atoms with Gasteiger partial charge in [0, 0.05) is 7.05 Å². The third-order valence-corrected chi connectivity index (χ3v) is 2.22. The van der Waals surface area contributed by atoms with Crippen molar-refractivity contribution >= 4 is 5.95 Å². The van der Waals surface area contributed by atoms with Crippen LogP contribution in [0, 0.1) is 5.82 Å². The number of hydrogen-bond acceptors (Lipinski definition) is 4. The quantitative estimate of drug-likeness (QED) is 0.829. The van der Waals surface area contributed by atoms with Gasteiger partial charge in [0.05, 0.1) is 12.7 Å². The number of nitrogens with zero attached hydrogens (tertiary/aromatic N) is 3. The molecule has 84 valence electrons. The topological polar surface area (TPSA) is 66.0 Å². The van der Waals surface area contributed by atoms with E-state index in [0.717, 1.165) is 0 Å². The van der Waals surface area contributed by atoms with Gasteiger partial charge in [-0.05, 0) is 12.1 Å². The van der Waals surface area contributed by atoms with Gasteiger partial charge in [-0.1, -0.05) is 6.07 Å². The van der Waals surface area contributed by atoms with Crippen LogP contribution in [-0.2, 0) is 7.05 Å².